The van der Waals surface area contributed by atoms with Crippen LogP contribution < -0.4 is 5.73 Å². The Balaban J connectivity index is 2.60. The first-order chi connectivity index (χ1) is 8.52. The minimum absolute atomic E-state index is 0.0468. The van der Waals surface area contributed by atoms with Crippen LogP contribution in [-0.4, -0.2) is 20.7 Å². The van der Waals surface area contributed by atoms with Gasteiger partial charge in [0.2, 0.25) is 5.91 Å². The fourth-order valence-corrected chi connectivity index (χ4v) is 2.85. The number of nitrogens with two attached hydrogens (primary N) is 1. The van der Waals surface area contributed by atoms with Gasteiger partial charge < -0.3 is 5.73 Å². The Morgan fingerprint density at radius 3 is 2.83 bits per heavy atom. The summed E-state index contributed by atoms with van der Waals surface area (Å²) in [6.45, 7) is 3.87. The van der Waals surface area contributed by atoms with Crippen molar-refractivity contribution in [2.24, 2.45) is 11.7 Å². The second-order valence-corrected chi connectivity index (χ2v) is 5.63. The topological polar surface area (TPSA) is 76.7 Å². The molecular weight excluding hydrogens is 268 g/mol. The van der Waals surface area contributed by atoms with Crippen LogP contribution in [0, 0.1) is 10.7 Å². The highest BCUT2D eigenvalue weighted by Gasteiger charge is 2.26. The molecule has 18 heavy (non-hydrogen) atoms. The van der Waals surface area contributed by atoms with Crippen molar-refractivity contribution < 1.29 is 4.79 Å². The van der Waals surface area contributed by atoms with Gasteiger partial charge in [0.25, 0.3) is 0 Å². The summed E-state index contributed by atoms with van der Waals surface area (Å²) in [5, 5.41) is 8.87. The van der Waals surface area contributed by atoms with E-state index in [1.54, 1.807) is 15.9 Å². The zero-order valence-corrected chi connectivity index (χ0v) is 11.7. The molecule has 0 aliphatic carbocycles. The maximum Gasteiger partial charge on any atom is 0.240 e. The number of carbonyl (C=O) groups is 1. The smallest absolute Gasteiger partial charge is 0.240 e. The molecule has 0 saturated carbocycles. The fourth-order valence-electron chi connectivity index (χ4n) is 1.90. The third-order valence-electron chi connectivity index (χ3n) is 2.65. The van der Waals surface area contributed by atoms with Gasteiger partial charge in [0.05, 0.1) is 4.88 Å². The lowest BCUT2D eigenvalue weighted by atomic mass is 10.0. The van der Waals surface area contributed by atoms with E-state index >= 15 is 0 Å². The predicted octanol–water partition coefficient (Wildman–Crippen LogP) is 2.35. The minimum Gasteiger partial charge on any atom is -0.368 e. The minimum atomic E-state index is -0.492. The average Bonchev–Trinajstić information content (AvgIpc) is 2.88. The van der Waals surface area contributed by atoms with Gasteiger partial charge in [0.15, 0.2) is 10.6 Å². The van der Waals surface area contributed by atoms with Crippen molar-refractivity contribution in [1.29, 1.82) is 0 Å². The van der Waals surface area contributed by atoms with E-state index in [2.05, 4.69) is 10.2 Å². The Kier molecular flexibility index (Phi) is 3.63. The molecule has 5 nitrogen and oxygen atoms in total. The van der Waals surface area contributed by atoms with Crippen molar-refractivity contribution in [1.82, 2.24) is 14.8 Å². The molecule has 2 rings (SSSR count). The molecule has 0 radical (unpaired) electrons. The molecule has 0 saturated heterocycles. The molecule has 1 atom stereocenters. The first-order valence-electron chi connectivity index (χ1n) is 5.52. The van der Waals surface area contributed by atoms with Crippen molar-refractivity contribution in [3.8, 4) is 10.7 Å². The third-order valence-corrected chi connectivity index (χ3v) is 3.80. The molecule has 0 bridgehead atoms. The van der Waals surface area contributed by atoms with Crippen LogP contribution in [-0.2, 0) is 4.79 Å². The Morgan fingerprint density at radius 2 is 2.33 bits per heavy atom. The van der Waals surface area contributed by atoms with Crippen LogP contribution in [0.4, 0.5) is 0 Å². The molecule has 0 fully saturated rings. The van der Waals surface area contributed by atoms with E-state index in [-0.39, 0.29) is 5.92 Å². The number of aromatic amines is 1. The Bertz CT molecular complexity index is 597. The van der Waals surface area contributed by atoms with Gasteiger partial charge in [-0.3, -0.25) is 14.5 Å². The molecule has 7 heteroatoms. The van der Waals surface area contributed by atoms with E-state index in [1.807, 2.05) is 31.4 Å². The van der Waals surface area contributed by atoms with Crippen LogP contribution in [0.25, 0.3) is 10.7 Å². The maximum atomic E-state index is 11.6. The quantitative estimate of drug-likeness (QED) is 0.845. The lowest BCUT2D eigenvalue weighted by molar-refractivity contribution is -0.122. The number of nitrogens with one attached hydrogen (secondary N) is 1. The lowest BCUT2D eigenvalue weighted by Crippen LogP contribution is -2.31. The molecule has 2 aromatic rings. The third kappa shape index (κ3) is 2.23. The first-order valence-corrected chi connectivity index (χ1v) is 6.81. The molecule has 96 valence electrons. The number of thiophene rings is 1. The number of aromatic nitrogens is 3. The number of primary amides is 1. The number of rotatable bonds is 4. The molecule has 0 spiro atoms. The van der Waals surface area contributed by atoms with Gasteiger partial charge in [0, 0.05) is 0 Å². The molecule has 0 aromatic carbocycles. The van der Waals surface area contributed by atoms with Gasteiger partial charge in [-0.1, -0.05) is 19.9 Å². The summed E-state index contributed by atoms with van der Waals surface area (Å²) in [5.41, 5.74) is 5.48. The SMILES string of the molecule is CC(C)C(C(N)=O)n1c(-c2cccs2)n[nH]c1=S. The summed E-state index contributed by atoms with van der Waals surface area (Å²) >= 11 is 6.75. The standard InChI is InChI=1S/C11H14N4OS2/c1-6(2)8(9(12)16)15-10(13-14-11(15)17)7-4-3-5-18-7/h3-6,8H,1-2H3,(H2,12,16)(H,14,17). The van der Waals surface area contributed by atoms with Crippen LogP contribution in [0.1, 0.15) is 19.9 Å². The Hall–Kier alpha value is -1.47. The number of amides is 1. The second-order valence-electron chi connectivity index (χ2n) is 4.29. The molecule has 3 N–H and O–H groups in total. The molecule has 1 amide bonds. The average molecular weight is 282 g/mol. The van der Waals surface area contributed by atoms with Crippen molar-refractivity contribution in [2.45, 2.75) is 19.9 Å². The fraction of sp³-hybridized carbons (Fsp3) is 0.364. The summed E-state index contributed by atoms with van der Waals surface area (Å²) in [4.78, 5) is 12.6. The van der Waals surface area contributed by atoms with Crippen LogP contribution in [0.3, 0.4) is 0 Å². The number of H-pyrrole nitrogens is 1. The number of nitrogens with zero attached hydrogens (tertiary/aromatic N) is 2. The van der Waals surface area contributed by atoms with Gasteiger partial charge in [-0.25, -0.2) is 0 Å². The van der Waals surface area contributed by atoms with Gasteiger partial charge >= 0.3 is 0 Å². The number of hydrogen-bond donors (Lipinski definition) is 2. The summed E-state index contributed by atoms with van der Waals surface area (Å²) in [5.74, 6) is 0.304. The molecule has 0 aliphatic heterocycles. The zero-order chi connectivity index (χ0) is 13.3. The van der Waals surface area contributed by atoms with Gasteiger partial charge in [0.1, 0.15) is 6.04 Å². The van der Waals surface area contributed by atoms with Gasteiger partial charge in [-0.15, -0.1) is 11.3 Å². The van der Waals surface area contributed by atoms with E-state index in [9.17, 15) is 4.79 Å². The van der Waals surface area contributed by atoms with Gasteiger partial charge in [-0.05, 0) is 29.6 Å². The van der Waals surface area contributed by atoms with Gasteiger partial charge in [-0.2, -0.15) is 5.10 Å². The van der Waals surface area contributed by atoms with E-state index in [4.69, 9.17) is 18.0 Å². The summed E-state index contributed by atoms with van der Waals surface area (Å²) in [6, 6.07) is 3.37. The number of carbonyl (C=O) groups excluding carboxylic acids is 1. The summed E-state index contributed by atoms with van der Waals surface area (Å²) < 4.78 is 2.12. The van der Waals surface area contributed by atoms with Crippen LogP contribution in [0.2, 0.25) is 0 Å². The first kappa shape index (κ1) is 13.0. The summed E-state index contributed by atoms with van der Waals surface area (Å²) in [6.07, 6.45) is 0. The molecule has 2 aromatic heterocycles. The lowest BCUT2D eigenvalue weighted by Gasteiger charge is -2.20. The Labute approximate surface area is 114 Å². The maximum absolute atomic E-state index is 11.6. The molecule has 0 aliphatic rings. The highest BCUT2D eigenvalue weighted by atomic mass is 32.1. The van der Waals surface area contributed by atoms with Crippen molar-refractivity contribution in [3.63, 3.8) is 0 Å². The summed E-state index contributed by atoms with van der Waals surface area (Å²) in [7, 11) is 0. The highest BCUT2D eigenvalue weighted by Crippen LogP contribution is 2.28. The van der Waals surface area contributed by atoms with Crippen LogP contribution in [0.15, 0.2) is 17.5 Å². The van der Waals surface area contributed by atoms with Crippen molar-refractivity contribution in [2.75, 3.05) is 0 Å². The molecular formula is C11H14N4OS2. The zero-order valence-electron chi connectivity index (χ0n) is 10.1. The number of hydrogen-bond acceptors (Lipinski definition) is 4. The van der Waals surface area contributed by atoms with Crippen LogP contribution in [0.5, 0.6) is 0 Å². The van der Waals surface area contributed by atoms with Crippen LogP contribution >= 0.6 is 23.6 Å². The normalized spacial score (nSPS) is 12.8. The van der Waals surface area contributed by atoms with E-state index in [1.165, 1.54) is 0 Å². The monoisotopic (exact) mass is 282 g/mol. The largest absolute Gasteiger partial charge is 0.368 e. The predicted molar refractivity (Wildman–Crippen MR) is 73.8 cm³/mol. The Morgan fingerprint density at radius 1 is 1.61 bits per heavy atom. The van der Waals surface area contributed by atoms with Crippen molar-refractivity contribution >= 4 is 29.5 Å². The van der Waals surface area contributed by atoms with E-state index < -0.39 is 11.9 Å². The van der Waals surface area contributed by atoms with E-state index in [0.29, 0.717) is 10.6 Å². The van der Waals surface area contributed by atoms with Crippen molar-refractivity contribution in [3.05, 3.63) is 22.3 Å². The second kappa shape index (κ2) is 5.03. The molecule has 2 heterocycles. The highest BCUT2D eigenvalue weighted by molar-refractivity contribution is 7.71. The van der Waals surface area contributed by atoms with E-state index in [0.717, 1.165) is 4.88 Å². The molecule has 1 unspecified atom stereocenters.